The molecule has 0 aromatic heterocycles. The number of halogens is 3. The van der Waals surface area contributed by atoms with Crippen molar-refractivity contribution in [1.82, 2.24) is 5.32 Å². The number of benzene rings is 2. The summed E-state index contributed by atoms with van der Waals surface area (Å²) < 4.78 is 0. The molecule has 0 saturated heterocycles. The van der Waals surface area contributed by atoms with Crippen LogP contribution in [0.5, 0.6) is 0 Å². The van der Waals surface area contributed by atoms with Gasteiger partial charge in [0.05, 0.1) is 10.7 Å². The summed E-state index contributed by atoms with van der Waals surface area (Å²) in [6.07, 6.45) is 0. The van der Waals surface area contributed by atoms with Crippen molar-refractivity contribution >= 4 is 52.3 Å². The zero-order valence-corrected chi connectivity index (χ0v) is 16.0. The molecule has 0 spiro atoms. The smallest absolute Gasteiger partial charge is 0.239 e. The molecule has 0 bridgehead atoms. The van der Waals surface area contributed by atoms with Gasteiger partial charge in [0, 0.05) is 16.6 Å². The SMILES string of the molecule is CC(C)(C(=O)NCc1ccc(Cl)cc1)C(=O)Nc1cc(Cl)ccc1Cl. The van der Waals surface area contributed by atoms with Gasteiger partial charge in [-0.3, -0.25) is 9.59 Å². The highest BCUT2D eigenvalue weighted by Crippen LogP contribution is 2.27. The fourth-order valence-corrected chi connectivity index (χ4v) is 2.44. The van der Waals surface area contributed by atoms with Crippen LogP contribution in [0, 0.1) is 5.41 Å². The summed E-state index contributed by atoms with van der Waals surface area (Å²) in [6, 6.07) is 11.8. The fourth-order valence-electron chi connectivity index (χ4n) is 1.98. The molecule has 25 heavy (non-hydrogen) atoms. The van der Waals surface area contributed by atoms with Gasteiger partial charge in [-0.2, -0.15) is 0 Å². The van der Waals surface area contributed by atoms with E-state index in [1.54, 1.807) is 36.4 Å². The summed E-state index contributed by atoms with van der Waals surface area (Å²) in [5, 5.41) is 6.79. The molecule has 132 valence electrons. The summed E-state index contributed by atoms with van der Waals surface area (Å²) in [6.45, 7) is 3.38. The maximum atomic E-state index is 12.5. The third-order valence-electron chi connectivity index (χ3n) is 3.68. The Labute approximate surface area is 161 Å². The average Bonchev–Trinajstić information content (AvgIpc) is 2.57. The molecule has 2 N–H and O–H groups in total. The van der Waals surface area contributed by atoms with Gasteiger partial charge in [-0.05, 0) is 49.7 Å². The van der Waals surface area contributed by atoms with Gasteiger partial charge in [0.1, 0.15) is 5.41 Å². The average molecular weight is 400 g/mol. The Kier molecular flexibility index (Phi) is 6.33. The van der Waals surface area contributed by atoms with E-state index in [-0.39, 0.29) is 0 Å². The van der Waals surface area contributed by atoms with Crippen LogP contribution in [-0.4, -0.2) is 11.8 Å². The number of anilines is 1. The lowest BCUT2D eigenvalue weighted by Crippen LogP contribution is -2.44. The summed E-state index contributed by atoms with van der Waals surface area (Å²) in [5.74, 6) is -0.886. The first-order valence-corrected chi connectivity index (χ1v) is 8.63. The summed E-state index contributed by atoms with van der Waals surface area (Å²) in [4.78, 5) is 24.9. The van der Waals surface area contributed by atoms with Crippen LogP contribution in [0.15, 0.2) is 42.5 Å². The lowest BCUT2D eigenvalue weighted by molar-refractivity contribution is -0.138. The second-order valence-electron chi connectivity index (χ2n) is 6.01. The Morgan fingerprint density at radius 1 is 0.920 bits per heavy atom. The van der Waals surface area contributed by atoms with Crippen LogP contribution in [0.3, 0.4) is 0 Å². The molecule has 0 aliphatic rings. The van der Waals surface area contributed by atoms with Crippen molar-refractivity contribution in [2.75, 3.05) is 5.32 Å². The second kappa shape index (κ2) is 8.09. The highest BCUT2D eigenvalue weighted by molar-refractivity contribution is 6.36. The summed E-state index contributed by atoms with van der Waals surface area (Å²) in [5.41, 5.74) is -0.0532. The Morgan fingerprint density at radius 2 is 1.52 bits per heavy atom. The summed E-state index contributed by atoms with van der Waals surface area (Å²) >= 11 is 17.8. The minimum atomic E-state index is -1.29. The van der Waals surface area contributed by atoms with E-state index in [1.807, 2.05) is 0 Å². The largest absolute Gasteiger partial charge is 0.351 e. The van der Waals surface area contributed by atoms with Gasteiger partial charge in [-0.1, -0.05) is 46.9 Å². The highest BCUT2D eigenvalue weighted by atomic mass is 35.5. The van der Waals surface area contributed by atoms with E-state index in [1.165, 1.54) is 19.9 Å². The third-order valence-corrected chi connectivity index (χ3v) is 4.49. The first-order chi connectivity index (χ1) is 11.7. The van der Waals surface area contributed by atoms with Crippen LogP contribution in [-0.2, 0) is 16.1 Å². The Bertz CT molecular complexity index is 789. The molecule has 7 heteroatoms. The van der Waals surface area contributed by atoms with Crippen LogP contribution < -0.4 is 10.6 Å². The second-order valence-corrected chi connectivity index (χ2v) is 7.29. The zero-order valence-electron chi connectivity index (χ0n) is 13.7. The minimum Gasteiger partial charge on any atom is -0.351 e. The van der Waals surface area contributed by atoms with Gasteiger partial charge in [0.25, 0.3) is 0 Å². The molecule has 0 heterocycles. The molecule has 0 aliphatic heterocycles. The number of hydrogen-bond donors (Lipinski definition) is 2. The molecule has 0 atom stereocenters. The standard InChI is InChI=1S/C18H17Cl3N2O2/c1-18(2,16(24)22-10-11-3-5-12(19)6-4-11)17(25)23-15-9-13(20)7-8-14(15)21/h3-9H,10H2,1-2H3,(H,22,24)(H,23,25). The Balaban J connectivity index is 2.02. The first kappa shape index (κ1) is 19.6. The molecule has 0 fully saturated rings. The van der Waals surface area contributed by atoms with E-state index >= 15 is 0 Å². The van der Waals surface area contributed by atoms with Gasteiger partial charge in [-0.25, -0.2) is 0 Å². The number of carbonyl (C=O) groups is 2. The van der Waals surface area contributed by atoms with Crippen LogP contribution in [0.25, 0.3) is 0 Å². The van der Waals surface area contributed by atoms with Crippen LogP contribution in [0.4, 0.5) is 5.69 Å². The maximum absolute atomic E-state index is 12.5. The first-order valence-electron chi connectivity index (χ1n) is 7.49. The van der Waals surface area contributed by atoms with E-state index < -0.39 is 17.2 Å². The van der Waals surface area contributed by atoms with Crippen molar-refractivity contribution in [3.8, 4) is 0 Å². The molecular formula is C18H17Cl3N2O2. The number of amides is 2. The summed E-state index contributed by atoms with van der Waals surface area (Å²) in [7, 11) is 0. The molecule has 2 aromatic carbocycles. The Hall–Kier alpha value is -1.75. The van der Waals surface area contributed by atoms with E-state index in [2.05, 4.69) is 10.6 Å². The molecule has 2 rings (SSSR count). The van der Waals surface area contributed by atoms with Gasteiger partial charge in [-0.15, -0.1) is 0 Å². The highest BCUT2D eigenvalue weighted by Gasteiger charge is 2.36. The topological polar surface area (TPSA) is 58.2 Å². The lowest BCUT2D eigenvalue weighted by Gasteiger charge is -2.23. The number of hydrogen-bond acceptors (Lipinski definition) is 2. The molecule has 0 radical (unpaired) electrons. The van der Waals surface area contributed by atoms with Gasteiger partial charge < -0.3 is 10.6 Å². The van der Waals surface area contributed by atoms with Gasteiger partial charge in [0.15, 0.2) is 0 Å². The molecule has 0 unspecified atom stereocenters. The molecule has 2 amide bonds. The van der Waals surface area contributed by atoms with Crippen molar-refractivity contribution in [2.24, 2.45) is 5.41 Å². The number of nitrogens with one attached hydrogen (secondary N) is 2. The van der Waals surface area contributed by atoms with Crippen molar-refractivity contribution in [1.29, 1.82) is 0 Å². The number of rotatable bonds is 5. The van der Waals surface area contributed by atoms with Crippen molar-refractivity contribution in [3.05, 3.63) is 63.1 Å². The molecule has 2 aromatic rings. The minimum absolute atomic E-state index is 0.296. The van der Waals surface area contributed by atoms with Crippen LogP contribution >= 0.6 is 34.8 Å². The van der Waals surface area contributed by atoms with E-state index in [0.717, 1.165) is 5.56 Å². The molecule has 0 saturated carbocycles. The van der Waals surface area contributed by atoms with Crippen LogP contribution in [0.1, 0.15) is 19.4 Å². The van der Waals surface area contributed by atoms with Crippen molar-refractivity contribution < 1.29 is 9.59 Å². The monoisotopic (exact) mass is 398 g/mol. The third kappa shape index (κ3) is 5.11. The van der Waals surface area contributed by atoms with E-state index in [4.69, 9.17) is 34.8 Å². The maximum Gasteiger partial charge on any atom is 0.239 e. The Morgan fingerprint density at radius 3 is 2.16 bits per heavy atom. The van der Waals surface area contributed by atoms with Gasteiger partial charge >= 0.3 is 0 Å². The lowest BCUT2D eigenvalue weighted by atomic mass is 9.90. The number of carbonyl (C=O) groups excluding carboxylic acids is 2. The molecule has 4 nitrogen and oxygen atoms in total. The van der Waals surface area contributed by atoms with Crippen LogP contribution in [0.2, 0.25) is 15.1 Å². The van der Waals surface area contributed by atoms with Crippen molar-refractivity contribution in [3.63, 3.8) is 0 Å². The van der Waals surface area contributed by atoms with E-state index in [9.17, 15) is 9.59 Å². The molecule has 0 aliphatic carbocycles. The van der Waals surface area contributed by atoms with Crippen molar-refractivity contribution in [2.45, 2.75) is 20.4 Å². The normalized spacial score (nSPS) is 11.1. The molecular weight excluding hydrogens is 383 g/mol. The van der Waals surface area contributed by atoms with Gasteiger partial charge in [0.2, 0.25) is 11.8 Å². The van der Waals surface area contributed by atoms with E-state index in [0.29, 0.717) is 27.3 Å². The fraction of sp³-hybridized carbons (Fsp3) is 0.222. The quantitative estimate of drug-likeness (QED) is 0.701. The zero-order chi connectivity index (χ0) is 18.6. The predicted octanol–water partition coefficient (Wildman–Crippen LogP) is 4.93. The predicted molar refractivity (Wildman–Crippen MR) is 102 cm³/mol.